The average molecular weight is 295 g/mol. The Balaban J connectivity index is 2.96. The molecule has 0 saturated heterocycles. The number of hydrogen-bond donors (Lipinski definition) is 3. The third kappa shape index (κ3) is 5.61. The Morgan fingerprint density at radius 2 is 2.05 bits per heavy atom. The zero-order valence-electron chi connectivity index (χ0n) is 12.0. The molecule has 0 fully saturated rings. The van der Waals surface area contributed by atoms with Crippen molar-refractivity contribution in [3.05, 3.63) is 29.3 Å². The minimum Gasteiger partial charge on any atom is -0.320 e. The van der Waals surface area contributed by atoms with Gasteiger partial charge in [0, 0.05) is 12.1 Å². The van der Waals surface area contributed by atoms with E-state index in [1.54, 1.807) is 6.07 Å². The van der Waals surface area contributed by atoms with Crippen LogP contribution in [0.15, 0.2) is 18.2 Å². The van der Waals surface area contributed by atoms with Crippen LogP contribution in [0.25, 0.3) is 0 Å². The van der Waals surface area contributed by atoms with E-state index in [4.69, 9.17) is 5.73 Å². The zero-order chi connectivity index (χ0) is 15.2. The summed E-state index contributed by atoms with van der Waals surface area (Å²) < 4.78 is 28.8. The molecule has 20 heavy (non-hydrogen) atoms. The fourth-order valence-corrected chi connectivity index (χ4v) is 2.55. The summed E-state index contributed by atoms with van der Waals surface area (Å²) in [6, 6.07) is 5.35. The summed E-state index contributed by atoms with van der Waals surface area (Å²) in [4.78, 5) is 0. The Labute approximate surface area is 121 Å². The van der Waals surface area contributed by atoms with E-state index < -0.39 is 10.2 Å². The molecule has 1 rings (SSSR count). The van der Waals surface area contributed by atoms with E-state index in [9.17, 15) is 8.42 Å². The van der Waals surface area contributed by atoms with Gasteiger partial charge in [0.1, 0.15) is 0 Å². The summed E-state index contributed by atoms with van der Waals surface area (Å²) in [6.45, 7) is 6.40. The molecule has 0 amide bonds. The van der Waals surface area contributed by atoms with Gasteiger partial charge >= 0.3 is 0 Å². The summed E-state index contributed by atoms with van der Waals surface area (Å²) in [7, 11) is -3.59. The van der Waals surface area contributed by atoms with Gasteiger partial charge < -0.3 is 5.73 Å². The van der Waals surface area contributed by atoms with Gasteiger partial charge in [-0.15, -0.1) is 0 Å². The predicted octanol–water partition coefficient (Wildman–Crippen LogP) is 1.21. The Kier molecular flexibility index (Phi) is 6.02. The molecule has 5 nitrogen and oxygen atoms in total. The molecular weight excluding hydrogens is 274 g/mol. The number of benzene rings is 1. The van der Waals surface area contributed by atoms with Crippen LogP contribution in [0.4, 0.5) is 5.69 Å². The van der Waals surface area contributed by atoms with Gasteiger partial charge in [0.2, 0.25) is 0 Å². The van der Waals surface area contributed by atoms with Crippen LogP contribution in [0.3, 0.4) is 0 Å². The van der Waals surface area contributed by atoms with Crippen LogP contribution in [0, 0.1) is 24.7 Å². The van der Waals surface area contributed by atoms with Crippen LogP contribution < -0.4 is 15.2 Å². The minimum absolute atomic E-state index is 0.228. The maximum absolute atomic E-state index is 11.9. The quantitative estimate of drug-likeness (QED) is 0.714. The van der Waals surface area contributed by atoms with E-state index in [1.807, 2.05) is 32.9 Å². The largest absolute Gasteiger partial charge is 0.320 e. The number of anilines is 1. The van der Waals surface area contributed by atoms with Crippen molar-refractivity contribution < 1.29 is 8.42 Å². The van der Waals surface area contributed by atoms with E-state index in [0.717, 1.165) is 5.56 Å². The van der Waals surface area contributed by atoms with E-state index in [0.29, 0.717) is 17.8 Å². The fourth-order valence-electron chi connectivity index (χ4n) is 1.45. The van der Waals surface area contributed by atoms with Crippen molar-refractivity contribution in [2.45, 2.75) is 20.8 Å². The number of rotatable bonds is 5. The van der Waals surface area contributed by atoms with Gasteiger partial charge in [0.05, 0.1) is 12.2 Å². The number of nitrogens with two attached hydrogens (primary N) is 1. The molecule has 0 heterocycles. The van der Waals surface area contributed by atoms with E-state index in [-0.39, 0.29) is 12.5 Å². The lowest BCUT2D eigenvalue weighted by Crippen LogP contribution is -2.33. The standard InChI is InChI=1S/C14H21N3O2S/c1-11(2)10-16-20(18,19)17-14-7-6-12(3)9-13(14)5-4-8-15/h6-7,9,11,16-17H,8,10,15H2,1-3H3. The number of aryl methyl sites for hydroxylation is 1. The molecule has 0 atom stereocenters. The second-order valence-corrected chi connectivity index (χ2v) is 6.40. The molecule has 0 saturated carbocycles. The SMILES string of the molecule is Cc1ccc(NS(=O)(=O)NCC(C)C)c(C#CCN)c1. The molecule has 0 aliphatic heterocycles. The first-order valence-electron chi connectivity index (χ1n) is 6.41. The molecule has 0 aliphatic carbocycles. The van der Waals surface area contributed by atoms with Gasteiger partial charge in [-0.2, -0.15) is 13.1 Å². The van der Waals surface area contributed by atoms with E-state index in [1.165, 1.54) is 0 Å². The fraction of sp³-hybridized carbons (Fsp3) is 0.429. The van der Waals surface area contributed by atoms with Crippen molar-refractivity contribution in [3.63, 3.8) is 0 Å². The summed E-state index contributed by atoms with van der Waals surface area (Å²) in [5, 5.41) is 0. The van der Waals surface area contributed by atoms with Crippen molar-refractivity contribution in [2.24, 2.45) is 11.7 Å². The first-order valence-corrected chi connectivity index (χ1v) is 7.89. The molecule has 0 aromatic heterocycles. The van der Waals surface area contributed by atoms with Gasteiger partial charge in [0.25, 0.3) is 10.2 Å². The molecule has 0 spiro atoms. The molecule has 1 aromatic rings. The van der Waals surface area contributed by atoms with Crippen molar-refractivity contribution in [1.82, 2.24) is 4.72 Å². The van der Waals surface area contributed by atoms with Gasteiger partial charge in [0.15, 0.2) is 0 Å². The first kappa shape index (κ1) is 16.5. The zero-order valence-corrected chi connectivity index (χ0v) is 12.8. The number of nitrogens with one attached hydrogen (secondary N) is 2. The van der Waals surface area contributed by atoms with Crippen LogP contribution in [-0.4, -0.2) is 21.5 Å². The van der Waals surface area contributed by atoms with Crippen molar-refractivity contribution in [1.29, 1.82) is 0 Å². The second kappa shape index (κ2) is 7.29. The highest BCUT2D eigenvalue weighted by Crippen LogP contribution is 2.17. The molecule has 4 N–H and O–H groups in total. The van der Waals surface area contributed by atoms with Crippen LogP contribution in [0.5, 0.6) is 0 Å². The normalized spacial score (nSPS) is 11.1. The third-order valence-corrected chi connectivity index (χ3v) is 3.46. The summed E-state index contributed by atoms with van der Waals surface area (Å²) in [5.74, 6) is 5.84. The van der Waals surface area contributed by atoms with Gasteiger partial charge in [-0.05, 0) is 30.5 Å². The van der Waals surface area contributed by atoms with Crippen molar-refractivity contribution in [2.75, 3.05) is 17.8 Å². The molecule has 6 heteroatoms. The highest BCUT2D eigenvalue weighted by Gasteiger charge is 2.12. The van der Waals surface area contributed by atoms with E-state index in [2.05, 4.69) is 21.3 Å². The summed E-state index contributed by atoms with van der Waals surface area (Å²) in [5.41, 5.74) is 7.42. The van der Waals surface area contributed by atoms with Crippen LogP contribution in [0.1, 0.15) is 25.0 Å². The highest BCUT2D eigenvalue weighted by atomic mass is 32.2. The van der Waals surface area contributed by atoms with Crippen molar-refractivity contribution >= 4 is 15.9 Å². The van der Waals surface area contributed by atoms with Crippen LogP contribution in [0.2, 0.25) is 0 Å². The monoisotopic (exact) mass is 295 g/mol. The smallest absolute Gasteiger partial charge is 0.299 e. The topological polar surface area (TPSA) is 84.2 Å². The highest BCUT2D eigenvalue weighted by molar-refractivity contribution is 7.90. The average Bonchev–Trinajstić information content (AvgIpc) is 2.37. The lowest BCUT2D eigenvalue weighted by Gasteiger charge is -2.12. The molecule has 0 aliphatic rings. The molecule has 110 valence electrons. The Hall–Kier alpha value is -1.55. The molecule has 0 unspecified atom stereocenters. The lowest BCUT2D eigenvalue weighted by molar-refractivity contribution is 0.565. The Morgan fingerprint density at radius 1 is 1.35 bits per heavy atom. The Bertz CT molecular complexity index is 613. The maximum Gasteiger partial charge on any atom is 0.299 e. The van der Waals surface area contributed by atoms with Crippen LogP contribution >= 0.6 is 0 Å². The van der Waals surface area contributed by atoms with E-state index >= 15 is 0 Å². The van der Waals surface area contributed by atoms with Gasteiger partial charge in [-0.1, -0.05) is 31.8 Å². The molecular formula is C14H21N3O2S. The molecule has 0 bridgehead atoms. The third-order valence-electron chi connectivity index (χ3n) is 2.43. The minimum atomic E-state index is -3.59. The van der Waals surface area contributed by atoms with Gasteiger partial charge in [-0.3, -0.25) is 4.72 Å². The molecule has 0 radical (unpaired) electrons. The van der Waals surface area contributed by atoms with Gasteiger partial charge in [-0.25, -0.2) is 0 Å². The Morgan fingerprint density at radius 3 is 2.65 bits per heavy atom. The number of hydrogen-bond acceptors (Lipinski definition) is 3. The lowest BCUT2D eigenvalue weighted by atomic mass is 10.1. The predicted molar refractivity (Wildman–Crippen MR) is 82.5 cm³/mol. The summed E-state index contributed by atoms with van der Waals surface area (Å²) >= 11 is 0. The molecule has 1 aromatic carbocycles. The first-order chi connectivity index (χ1) is 9.34. The van der Waals surface area contributed by atoms with Crippen molar-refractivity contribution in [3.8, 4) is 11.8 Å². The summed E-state index contributed by atoms with van der Waals surface area (Å²) in [6.07, 6.45) is 0. The maximum atomic E-state index is 11.9. The second-order valence-electron chi connectivity index (χ2n) is 4.90. The van der Waals surface area contributed by atoms with Crippen LogP contribution in [-0.2, 0) is 10.2 Å².